The van der Waals surface area contributed by atoms with Crippen molar-refractivity contribution in [1.82, 2.24) is 15.1 Å². The van der Waals surface area contributed by atoms with Crippen molar-refractivity contribution in [3.8, 4) is 0 Å². The molecule has 0 radical (unpaired) electrons. The number of likely N-dealkylation sites (N-methyl/N-ethyl adjacent to an activating group) is 1. The lowest BCUT2D eigenvalue weighted by molar-refractivity contribution is -0.126. The molecule has 0 aromatic rings. The molecule has 106 valence electrons. The van der Waals surface area contributed by atoms with Crippen molar-refractivity contribution in [2.75, 3.05) is 39.3 Å². The number of hydrogen-bond acceptors (Lipinski definition) is 4. The first-order valence-electron chi connectivity index (χ1n) is 7.09. The van der Waals surface area contributed by atoms with E-state index in [2.05, 4.69) is 22.0 Å². The fourth-order valence-electron chi connectivity index (χ4n) is 2.55. The fourth-order valence-corrected chi connectivity index (χ4v) is 2.55. The van der Waals surface area contributed by atoms with Crippen molar-refractivity contribution < 1.29 is 4.79 Å². The van der Waals surface area contributed by atoms with Crippen molar-refractivity contribution in [2.24, 2.45) is 5.73 Å². The molecule has 1 aliphatic rings. The van der Waals surface area contributed by atoms with Crippen LogP contribution in [0.5, 0.6) is 0 Å². The van der Waals surface area contributed by atoms with Crippen LogP contribution in [-0.4, -0.2) is 67.1 Å². The maximum Gasteiger partial charge on any atom is 0.237 e. The van der Waals surface area contributed by atoms with Gasteiger partial charge in [0.2, 0.25) is 5.91 Å². The molecule has 0 saturated carbocycles. The highest BCUT2D eigenvalue weighted by atomic mass is 16.2. The molecule has 0 bridgehead atoms. The Labute approximate surface area is 111 Å². The first-order valence-corrected chi connectivity index (χ1v) is 7.09. The second-order valence-electron chi connectivity index (χ2n) is 4.94. The van der Waals surface area contributed by atoms with Crippen LogP contribution in [0.25, 0.3) is 0 Å². The van der Waals surface area contributed by atoms with E-state index in [4.69, 9.17) is 5.73 Å². The normalized spacial score (nSPS) is 21.6. The predicted octanol–water partition coefficient (Wildman–Crippen LogP) is -0.134. The van der Waals surface area contributed by atoms with Crippen LogP contribution in [0.4, 0.5) is 0 Å². The summed E-state index contributed by atoms with van der Waals surface area (Å²) >= 11 is 0. The van der Waals surface area contributed by atoms with Gasteiger partial charge < -0.3 is 11.1 Å². The van der Waals surface area contributed by atoms with Crippen molar-refractivity contribution in [3.63, 3.8) is 0 Å². The van der Waals surface area contributed by atoms with Gasteiger partial charge in [0.25, 0.3) is 0 Å². The molecule has 1 rings (SSSR count). The minimum atomic E-state index is -0.0231. The molecule has 3 N–H and O–H groups in total. The van der Waals surface area contributed by atoms with E-state index in [9.17, 15) is 4.79 Å². The van der Waals surface area contributed by atoms with Crippen molar-refractivity contribution in [3.05, 3.63) is 0 Å². The summed E-state index contributed by atoms with van der Waals surface area (Å²) in [7, 11) is 0. The van der Waals surface area contributed by atoms with Crippen LogP contribution in [0.1, 0.15) is 27.2 Å². The van der Waals surface area contributed by atoms with Gasteiger partial charge in [-0.1, -0.05) is 6.92 Å². The zero-order valence-electron chi connectivity index (χ0n) is 12.0. The van der Waals surface area contributed by atoms with E-state index in [0.717, 1.165) is 39.1 Å². The molecule has 18 heavy (non-hydrogen) atoms. The first kappa shape index (κ1) is 15.4. The molecule has 5 heteroatoms. The Kier molecular flexibility index (Phi) is 6.60. The SMILES string of the molecule is CCNC(=O)C(C)N1CCN(C(CC)CN)CC1. The van der Waals surface area contributed by atoms with Crippen molar-refractivity contribution >= 4 is 5.91 Å². The van der Waals surface area contributed by atoms with Gasteiger partial charge in [0, 0.05) is 45.3 Å². The summed E-state index contributed by atoms with van der Waals surface area (Å²) in [6, 6.07) is 0.469. The van der Waals surface area contributed by atoms with Crippen LogP contribution in [-0.2, 0) is 4.79 Å². The van der Waals surface area contributed by atoms with E-state index in [0.29, 0.717) is 12.6 Å². The van der Waals surface area contributed by atoms with Gasteiger partial charge >= 0.3 is 0 Å². The average molecular weight is 256 g/mol. The standard InChI is InChI=1S/C13H28N4O/c1-4-12(10-14)17-8-6-16(7-9-17)11(3)13(18)15-5-2/h11-12H,4-10,14H2,1-3H3,(H,15,18). The third-order valence-electron chi connectivity index (χ3n) is 3.89. The molecule has 1 amide bonds. The molecular weight excluding hydrogens is 228 g/mol. The van der Waals surface area contributed by atoms with Gasteiger partial charge in [0.05, 0.1) is 6.04 Å². The Balaban J connectivity index is 2.41. The van der Waals surface area contributed by atoms with Crippen LogP contribution in [0, 0.1) is 0 Å². The van der Waals surface area contributed by atoms with E-state index in [1.807, 2.05) is 13.8 Å². The molecule has 0 aromatic heterocycles. The van der Waals surface area contributed by atoms with Crippen LogP contribution in [0.15, 0.2) is 0 Å². The summed E-state index contributed by atoms with van der Waals surface area (Å²) in [5.41, 5.74) is 5.78. The van der Waals surface area contributed by atoms with E-state index in [1.165, 1.54) is 0 Å². The lowest BCUT2D eigenvalue weighted by atomic mass is 10.1. The number of amides is 1. The van der Waals surface area contributed by atoms with Crippen molar-refractivity contribution in [2.45, 2.75) is 39.3 Å². The molecule has 1 saturated heterocycles. The quantitative estimate of drug-likeness (QED) is 0.695. The minimum Gasteiger partial charge on any atom is -0.355 e. The Morgan fingerprint density at radius 1 is 1.22 bits per heavy atom. The third kappa shape index (κ3) is 3.93. The predicted molar refractivity (Wildman–Crippen MR) is 74.4 cm³/mol. The molecule has 0 aromatic carbocycles. The van der Waals surface area contributed by atoms with E-state index >= 15 is 0 Å². The molecule has 0 spiro atoms. The molecule has 1 fully saturated rings. The Morgan fingerprint density at radius 3 is 2.22 bits per heavy atom. The van der Waals surface area contributed by atoms with Gasteiger partial charge in [-0.25, -0.2) is 0 Å². The van der Waals surface area contributed by atoms with Gasteiger partial charge in [-0.15, -0.1) is 0 Å². The molecule has 2 unspecified atom stereocenters. The van der Waals surface area contributed by atoms with E-state index in [1.54, 1.807) is 0 Å². The van der Waals surface area contributed by atoms with Crippen LogP contribution in [0.3, 0.4) is 0 Å². The highest BCUT2D eigenvalue weighted by Crippen LogP contribution is 2.11. The highest BCUT2D eigenvalue weighted by Gasteiger charge is 2.27. The zero-order valence-corrected chi connectivity index (χ0v) is 12.0. The number of nitrogens with two attached hydrogens (primary N) is 1. The summed E-state index contributed by atoms with van der Waals surface area (Å²) < 4.78 is 0. The summed E-state index contributed by atoms with van der Waals surface area (Å²) in [4.78, 5) is 16.5. The van der Waals surface area contributed by atoms with Crippen LogP contribution in [0.2, 0.25) is 0 Å². The van der Waals surface area contributed by atoms with Gasteiger partial charge in [0.1, 0.15) is 0 Å². The molecule has 0 aliphatic carbocycles. The van der Waals surface area contributed by atoms with Gasteiger partial charge in [0.15, 0.2) is 0 Å². The fraction of sp³-hybridized carbons (Fsp3) is 0.923. The summed E-state index contributed by atoms with van der Waals surface area (Å²) in [6.07, 6.45) is 1.10. The number of nitrogens with zero attached hydrogens (tertiary/aromatic N) is 2. The second kappa shape index (κ2) is 7.71. The Bertz CT molecular complexity index is 247. The average Bonchev–Trinajstić information content (AvgIpc) is 2.40. The molecular formula is C13H28N4O. The topological polar surface area (TPSA) is 61.6 Å². The molecule has 2 atom stereocenters. The molecule has 5 nitrogen and oxygen atoms in total. The lowest BCUT2D eigenvalue weighted by Gasteiger charge is -2.40. The van der Waals surface area contributed by atoms with Crippen LogP contribution >= 0.6 is 0 Å². The highest BCUT2D eigenvalue weighted by molar-refractivity contribution is 5.81. The lowest BCUT2D eigenvalue weighted by Crippen LogP contribution is -2.56. The largest absolute Gasteiger partial charge is 0.355 e. The molecule has 1 heterocycles. The third-order valence-corrected chi connectivity index (χ3v) is 3.89. The number of piperazine rings is 1. The monoisotopic (exact) mass is 256 g/mol. The second-order valence-corrected chi connectivity index (χ2v) is 4.94. The number of carbonyl (C=O) groups is 1. The van der Waals surface area contributed by atoms with Gasteiger partial charge in [-0.05, 0) is 20.3 Å². The number of nitrogens with one attached hydrogen (secondary N) is 1. The number of rotatable bonds is 6. The Hall–Kier alpha value is -0.650. The molecule has 1 aliphatic heterocycles. The van der Waals surface area contributed by atoms with Gasteiger partial charge in [-0.2, -0.15) is 0 Å². The maximum atomic E-state index is 11.8. The first-order chi connectivity index (χ1) is 8.63. The minimum absolute atomic E-state index is 0.0231. The van der Waals surface area contributed by atoms with Gasteiger partial charge in [-0.3, -0.25) is 14.6 Å². The van der Waals surface area contributed by atoms with E-state index < -0.39 is 0 Å². The zero-order chi connectivity index (χ0) is 13.5. The Morgan fingerprint density at radius 2 is 1.78 bits per heavy atom. The number of carbonyl (C=O) groups excluding carboxylic acids is 1. The number of hydrogen-bond donors (Lipinski definition) is 2. The maximum absolute atomic E-state index is 11.8. The summed E-state index contributed by atoms with van der Waals surface area (Å²) in [6.45, 7) is 11.5. The van der Waals surface area contributed by atoms with Crippen molar-refractivity contribution in [1.29, 1.82) is 0 Å². The summed E-state index contributed by atoms with van der Waals surface area (Å²) in [5, 5.41) is 2.88. The summed E-state index contributed by atoms with van der Waals surface area (Å²) in [5.74, 6) is 0.136. The van der Waals surface area contributed by atoms with E-state index in [-0.39, 0.29) is 11.9 Å². The van der Waals surface area contributed by atoms with Crippen LogP contribution < -0.4 is 11.1 Å². The smallest absolute Gasteiger partial charge is 0.237 e.